The van der Waals surface area contributed by atoms with Crippen molar-refractivity contribution in [1.82, 2.24) is 24.9 Å². The number of aromatic nitrogens is 4. The highest BCUT2D eigenvalue weighted by atomic mass is 16.5. The molecule has 0 amide bonds. The molecule has 0 spiro atoms. The first kappa shape index (κ1) is 16.1. The highest BCUT2D eigenvalue weighted by Crippen LogP contribution is 2.31. The van der Waals surface area contributed by atoms with Crippen molar-refractivity contribution in [3.05, 3.63) is 28.7 Å². The monoisotopic (exact) mass is 317 g/mol. The zero-order valence-electron chi connectivity index (χ0n) is 14.8. The van der Waals surface area contributed by atoms with Gasteiger partial charge in [-0.15, -0.1) is 0 Å². The molecule has 1 aliphatic carbocycles. The molecule has 1 aliphatic rings. The lowest BCUT2D eigenvalue weighted by Gasteiger charge is -2.24. The number of fused-ring (bicyclic) bond motifs is 1. The van der Waals surface area contributed by atoms with Crippen molar-refractivity contribution in [3.63, 3.8) is 0 Å². The first-order chi connectivity index (χ1) is 11.0. The molecule has 6 heteroatoms. The van der Waals surface area contributed by atoms with Gasteiger partial charge in [0.1, 0.15) is 0 Å². The van der Waals surface area contributed by atoms with E-state index in [-0.39, 0.29) is 0 Å². The maximum atomic E-state index is 5.56. The minimum atomic E-state index is 0.359. The summed E-state index contributed by atoms with van der Waals surface area (Å²) in [6.45, 7) is 5.11. The minimum absolute atomic E-state index is 0.359. The fourth-order valence-electron chi connectivity index (χ4n) is 3.60. The average Bonchev–Trinajstić information content (AvgIpc) is 3.06. The van der Waals surface area contributed by atoms with Crippen LogP contribution >= 0.6 is 0 Å². The van der Waals surface area contributed by atoms with Gasteiger partial charge in [-0.05, 0) is 25.2 Å². The molecule has 0 saturated heterocycles. The van der Waals surface area contributed by atoms with Crippen molar-refractivity contribution >= 4 is 0 Å². The molecule has 0 aliphatic heterocycles. The Hall–Kier alpha value is -1.82. The first-order valence-corrected chi connectivity index (χ1v) is 8.36. The largest absolute Gasteiger partial charge is 0.481 e. The quantitative estimate of drug-likeness (QED) is 0.920. The van der Waals surface area contributed by atoms with E-state index in [0.717, 1.165) is 31.0 Å². The van der Waals surface area contributed by atoms with Crippen LogP contribution in [0.2, 0.25) is 0 Å². The Bertz CT molecular complexity index is 685. The number of hydrogen-bond donors (Lipinski definition) is 1. The van der Waals surface area contributed by atoms with Gasteiger partial charge in [-0.1, -0.05) is 13.8 Å². The third-order valence-electron chi connectivity index (χ3n) is 4.76. The Morgan fingerprint density at radius 2 is 2.13 bits per heavy atom. The summed E-state index contributed by atoms with van der Waals surface area (Å²) in [6.07, 6.45) is 5.48. The molecule has 0 unspecified atom stereocenters. The summed E-state index contributed by atoms with van der Waals surface area (Å²) < 4.78 is 9.41. The number of nitrogens with zero attached hydrogens (tertiary/aromatic N) is 4. The Balaban J connectivity index is 1.82. The molecule has 2 heterocycles. The molecule has 0 bridgehead atoms. The molecular formula is C17H27N5O. The normalized spacial score (nSPS) is 17.6. The van der Waals surface area contributed by atoms with Gasteiger partial charge in [-0.3, -0.25) is 4.68 Å². The molecule has 0 fully saturated rings. The summed E-state index contributed by atoms with van der Waals surface area (Å²) >= 11 is 0. The van der Waals surface area contributed by atoms with Crippen LogP contribution in [0.1, 0.15) is 61.2 Å². The third kappa shape index (κ3) is 2.87. The Morgan fingerprint density at radius 1 is 1.35 bits per heavy atom. The smallest absolute Gasteiger partial charge is 0.216 e. The number of nitrogens with one attached hydrogen (secondary N) is 1. The highest BCUT2D eigenvalue weighted by molar-refractivity contribution is 5.34. The zero-order chi connectivity index (χ0) is 16.6. The molecule has 2 aromatic heterocycles. The van der Waals surface area contributed by atoms with Crippen LogP contribution in [-0.4, -0.2) is 26.7 Å². The molecule has 1 atom stereocenters. The number of ether oxygens (including phenoxy) is 1. The predicted octanol–water partition coefficient (Wildman–Crippen LogP) is 2.45. The maximum Gasteiger partial charge on any atom is 0.216 e. The SMILES string of the molecule is COc1c(CN[C@@H]2CCCc3c2cnn3C)c(C(C)C)nn1C. The van der Waals surface area contributed by atoms with Gasteiger partial charge in [0.05, 0.1) is 24.6 Å². The van der Waals surface area contributed by atoms with Gasteiger partial charge >= 0.3 is 0 Å². The van der Waals surface area contributed by atoms with Crippen LogP contribution in [0.3, 0.4) is 0 Å². The van der Waals surface area contributed by atoms with Crippen molar-refractivity contribution in [2.24, 2.45) is 14.1 Å². The van der Waals surface area contributed by atoms with Crippen molar-refractivity contribution in [3.8, 4) is 5.88 Å². The van der Waals surface area contributed by atoms with Crippen LogP contribution in [0.25, 0.3) is 0 Å². The van der Waals surface area contributed by atoms with E-state index in [4.69, 9.17) is 4.74 Å². The molecular weight excluding hydrogens is 290 g/mol. The fraction of sp³-hybridized carbons (Fsp3) is 0.647. The lowest BCUT2D eigenvalue weighted by molar-refractivity contribution is 0.365. The second-order valence-corrected chi connectivity index (χ2v) is 6.65. The van der Waals surface area contributed by atoms with E-state index in [1.165, 1.54) is 23.2 Å². The Kier molecular flexibility index (Phi) is 4.43. The van der Waals surface area contributed by atoms with Crippen LogP contribution < -0.4 is 10.1 Å². The number of aryl methyl sites for hydroxylation is 2. The second-order valence-electron chi connectivity index (χ2n) is 6.65. The summed E-state index contributed by atoms with van der Waals surface area (Å²) in [6, 6.07) is 0.359. The van der Waals surface area contributed by atoms with Gasteiger partial charge in [-0.2, -0.15) is 10.2 Å². The van der Waals surface area contributed by atoms with Crippen molar-refractivity contribution < 1.29 is 4.74 Å². The van der Waals surface area contributed by atoms with Gasteiger partial charge in [0.25, 0.3) is 0 Å². The maximum absolute atomic E-state index is 5.56. The van der Waals surface area contributed by atoms with Gasteiger partial charge in [0.15, 0.2) is 0 Å². The molecule has 23 heavy (non-hydrogen) atoms. The fourth-order valence-corrected chi connectivity index (χ4v) is 3.60. The van der Waals surface area contributed by atoms with Gasteiger partial charge < -0.3 is 10.1 Å². The van der Waals surface area contributed by atoms with Crippen LogP contribution in [0.5, 0.6) is 5.88 Å². The van der Waals surface area contributed by atoms with Gasteiger partial charge in [-0.25, -0.2) is 4.68 Å². The Labute approximate surface area is 137 Å². The minimum Gasteiger partial charge on any atom is -0.481 e. The number of rotatable bonds is 5. The van der Waals surface area contributed by atoms with Crippen molar-refractivity contribution in [1.29, 1.82) is 0 Å². The number of hydrogen-bond acceptors (Lipinski definition) is 4. The summed E-state index contributed by atoms with van der Waals surface area (Å²) in [5, 5.41) is 12.8. The second kappa shape index (κ2) is 6.35. The molecule has 126 valence electrons. The molecule has 0 saturated carbocycles. The van der Waals surface area contributed by atoms with E-state index in [9.17, 15) is 0 Å². The van der Waals surface area contributed by atoms with E-state index in [1.54, 1.807) is 7.11 Å². The van der Waals surface area contributed by atoms with Gasteiger partial charge in [0.2, 0.25) is 5.88 Å². The molecule has 0 aromatic carbocycles. The molecule has 6 nitrogen and oxygen atoms in total. The molecule has 2 aromatic rings. The number of methoxy groups -OCH3 is 1. The van der Waals surface area contributed by atoms with Crippen LogP contribution in [-0.2, 0) is 27.1 Å². The molecule has 0 radical (unpaired) electrons. The van der Waals surface area contributed by atoms with E-state index in [2.05, 4.69) is 29.4 Å². The van der Waals surface area contributed by atoms with E-state index >= 15 is 0 Å². The predicted molar refractivity (Wildman–Crippen MR) is 89.6 cm³/mol. The standard InChI is InChI=1S/C17H27N5O/c1-11(2)16-13(17(23-5)22(4)20-16)9-18-14-7-6-8-15-12(14)10-19-21(15)3/h10-11,14,18H,6-9H2,1-5H3/t14-/m1/s1. The van der Waals surface area contributed by atoms with Crippen LogP contribution in [0.4, 0.5) is 0 Å². The van der Waals surface area contributed by atoms with E-state index < -0.39 is 0 Å². The van der Waals surface area contributed by atoms with E-state index in [1.807, 2.05) is 29.7 Å². The lowest BCUT2D eigenvalue weighted by atomic mass is 9.92. The summed E-state index contributed by atoms with van der Waals surface area (Å²) in [7, 11) is 5.68. The first-order valence-electron chi connectivity index (χ1n) is 8.36. The van der Waals surface area contributed by atoms with Gasteiger partial charge in [0, 0.05) is 37.9 Å². The van der Waals surface area contributed by atoms with E-state index in [0.29, 0.717) is 12.0 Å². The highest BCUT2D eigenvalue weighted by Gasteiger charge is 2.25. The topological polar surface area (TPSA) is 56.9 Å². The lowest BCUT2D eigenvalue weighted by Crippen LogP contribution is -2.25. The van der Waals surface area contributed by atoms with Crippen LogP contribution in [0, 0.1) is 0 Å². The average molecular weight is 317 g/mol. The molecule has 1 N–H and O–H groups in total. The summed E-state index contributed by atoms with van der Waals surface area (Å²) in [5.74, 6) is 1.23. The summed E-state index contributed by atoms with van der Waals surface area (Å²) in [5.41, 5.74) is 4.98. The zero-order valence-corrected chi connectivity index (χ0v) is 14.8. The third-order valence-corrected chi connectivity index (χ3v) is 4.76. The van der Waals surface area contributed by atoms with Crippen molar-refractivity contribution in [2.75, 3.05) is 7.11 Å². The molecule has 3 rings (SSSR count). The summed E-state index contributed by atoms with van der Waals surface area (Å²) in [4.78, 5) is 0. The van der Waals surface area contributed by atoms with Crippen molar-refractivity contribution in [2.45, 2.75) is 51.6 Å². The van der Waals surface area contributed by atoms with Crippen LogP contribution in [0.15, 0.2) is 6.20 Å². The Morgan fingerprint density at radius 3 is 2.83 bits per heavy atom.